The van der Waals surface area contributed by atoms with E-state index in [1.165, 1.54) is 19.3 Å². The van der Waals surface area contributed by atoms with Gasteiger partial charge in [0.2, 0.25) is 5.95 Å². The molecule has 1 aliphatic rings. The van der Waals surface area contributed by atoms with Gasteiger partial charge in [-0.1, -0.05) is 32.0 Å². The van der Waals surface area contributed by atoms with Crippen molar-refractivity contribution in [3.05, 3.63) is 42.2 Å². The van der Waals surface area contributed by atoms with E-state index in [9.17, 15) is 0 Å². The van der Waals surface area contributed by atoms with E-state index in [0.29, 0.717) is 6.04 Å². The molecule has 1 fully saturated rings. The Morgan fingerprint density at radius 3 is 2.57 bits per heavy atom. The number of imidazole rings is 1. The molecule has 0 radical (unpaired) electrons. The van der Waals surface area contributed by atoms with E-state index in [4.69, 9.17) is 0 Å². The molecular weight excluding hydrogens is 258 g/mol. The average Bonchev–Trinajstić information content (AvgIpc) is 2.84. The molecule has 3 heteroatoms. The second-order valence-electron chi connectivity index (χ2n) is 6.53. The number of benzene rings is 1. The van der Waals surface area contributed by atoms with Crippen molar-refractivity contribution in [2.24, 2.45) is 11.8 Å². The van der Waals surface area contributed by atoms with Crippen molar-refractivity contribution in [3.8, 4) is 0 Å². The first-order valence-electron chi connectivity index (χ1n) is 8.01. The molecule has 3 rings (SSSR count). The van der Waals surface area contributed by atoms with Gasteiger partial charge < -0.3 is 9.88 Å². The summed E-state index contributed by atoms with van der Waals surface area (Å²) in [5.41, 5.74) is 2.18. The molecule has 3 unspecified atom stereocenters. The molecule has 1 aliphatic carbocycles. The van der Waals surface area contributed by atoms with E-state index in [0.717, 1.165) is 29.2 Å². The van der Waals surface area contributed by atoms with E-state index in [2.05, 4.69) is 54.0 Å². The fraction of sp³-hybridized carbons (Fsp3) is 0.500. The van der Waals surface area contributed by atoms with Gasteiger partial charge in [-0.3, -0.25) is 0 Å². The molecule has 3 atom stereocenters. The summed E-state index contributed by atoms with van der Waals surface area (Å²) in [5.74, 6) is 2.61. The lowest BCUT2D eigenvalue weighted by molar-refractivity contribution is 0.212. The van der Waals surface area contributed by atoms with Crippen LogP contribution in [0.25, 0.3) is 0 Å². The van der Waals surface area contributed by atoms with Crippen LogP contribution in [-0.4, -0.2) is 9.55 Å². The Morgan fingerprint density at radius 1 is 1.10 bits per heavy atom. The molecule has 1 aromatic carbocycles. The molecule has 1 N–H and O–H groups in total. The molecule has 0 saturated heterocycles. The number of nitrogens with zero attached hydrogens (tertiary/aromatic N) is 2. The molecule has 1 saturated carbocycles. The van der Waals surface area contributed by atoms with Crippen LogP contribution in [0.1, 0.15) is 44.8 Å². The van der Waals surface area contributed by atoms with Crippen LogP contribution in [0, 0.1) is 18.8 Å². The van der Waals surface area contributed by atoms with Crippen molar-refractivity contribution in [1.82, 2.24) is 9.55 Å². The topological polar surface area (TPSA) is 29.9 Å². The van der Waals surface area contributed by atoms with E-state index < -0.39 is 0 Å². The van der Waals surface area contributed by atoms with Crippen molar-refractivity contribution in [3.63, 3.8) is 0 Å². The highest BCUT2D eigenvalue weighted by Gasteiger charge is 2.27. The van der Waals surface area contributed by atoms with Gasteiger partial charge in [-0.2, -0.15) is 0 Å². The third-order valence-corrected chi connectivity index (χ3v) is 4.85. The maximum Gasteiger partial charge on any atom is 0.207 e. The lowest BCUT2D eigenvalue weighted by Crippen LogP contribution is -2.23. The Labute approximate surface area is 127 Å². The van der Waals surface area contributed by atoms with Gasteiger partial charge in [-0.15, -0.1) is 0 Å². The van der Waals surface area contributed by atoms with Crippen LogP contribution < -0.4 is 5.32 Å². The van der Waals surface area contributed by atoms with Crippen LogP contribution in [0.15, 0.2) is 36.5 Å². The van der Waals surface area contributed by atoms with Crippen LogP contribution in [0.2, 0.25) is 0 Å². The van der Waals surface area contributed by atoms with Crippen LogP contribution in [0.5, 0.6) is 0 Å². The van der Waals surface area contributed by atoms with E-state index in [1.807, 2.05) is 18.2 Å². The zero-order chi connectivity index (χ0) is 14.8. The molecule has 21 heavy (non-hydrogen) atoms. The number of anilines is 2. The first kappa shape index (κ1) is 14.2. The maximum atomic E-state index is 4.68. The van der Waals surface area contributed by atoms with Gasteiger partial charge in [-0.25, -0.2) is 4.98 Å². The van der Waals surface area contributed by atoms with Gasteiger partial charge in [-0.05, 0) is 50.2 Å². The summed E-state index contributed by atoms with van der Waals surface area (Å²) in [4.78, 5) is 4.68. The Balaban J connectivity index is 1.83. The first-order chi connectivity index (χ1) is 10.1. The van der Waals surface area contributed by atoms with E-state index >= 15 is 0 Å². The summed E-state index contributed by atoms with van der Waals surface area (Å²) in [5, 5.41) is 3.47. The highest BCUT2D eigenvalue weighted by molar-refractivity contribution is 5.53. The summed E-state index contributed by atoms with van der Waals surface area (Å²) < 4.78 is 2.35. The number of rotatable bonds is 3. The molecule has 1 heterocycles. The summed E-state index contributed by atoms with van der Waals surface area (Å²) in [6, 6.07) is 10.9. The summed E-state index contributed by atoms with van der Waals surface area (Å²) >= 11 is 0. The highest BCUT2D eigenvalue weighted by Crippen LogP contribution is 2.37. The van der Waals surface area contributed by atoms with Crippen LogP contribution in [-0.2, 0) is 0 Å². The highest BCUT2D eigenvalue weighted by atomic mass is 15.2. The summed E-state index contributed by atoms with van der Waals surface area (Å²) in [7, 11) is 0. The van der Waals surface area contributed by atoms with Crippen molar-refractivity contribution >= 4 is 11.6 Å². The van der Waals surface area contributed by atoms with Crippen molar-refractivity contribution in [2.45, 2.75) is 46.1 Å². The predicted molar refractivity (Wildman–Crippen MR) is 87.9 cm³/mol. The Hall–Kier alpha value is -1.77. The number of hydrogen-bond donors (Lipinski definition) is 1. The summed E-state index contributed by atoms with van der Waals surface area (Å²) in [6.07, 6.45) is 6.01. The molecule has 2 aromatic rings. The molecule has 0 spiro atoms. The molecule has 3 nitrogen and oxygen atoms in total. The number of nitrogens with one attached hydrogen (secondary N) is 1. The normalized spacial score (nSPS) is 25.8. The molecular formula is C18H25N3. The summed E-state index contributed by atoms with van der Waals surface area (Å²) in [6.45, 7) is 6.83. The fourth-order valence-corrected chi connectivity index (χ4v) is 3.31. The van der Waals surface area contributed by atoms with Crippen molar-refractivity contribution in [2.75, 3.05) is 5.32 Å². The second kappa shape index (κ2) is 5.92. The lowest BCUT2D eigenvalue weighted by atomic mass is 9.79. The smallest absolute Gasteiger partial charge is 0.207 e. The maximum absolute atomic E-state index is 4.68. The Bertz CT molecular complexity index is 588. The monoisotopic (exact) mass is 283 g/mol. The third kappa shape index (κ3) is 3.12. The minimum atomic E-state index is 0.573. The largest absolute Gasteiger partial charge is 0.326 e. The molecule has 1 aromatic heterocycles. The lowest BCUT2D eigenvalue weighted by Gasteiger charge is -2.33. The van der Waals surface area contributed by atoms with E-state index in [1.54, 1.807) is 0 Å². The third-order valence-electron chi connectivity index (χ3n) is 4.85. The van der Waals surface area contributed by atoms with Gasteiger partial charge >= 0.3 is 0 Å². The second-order valence-corrected chi connectivity index (χ2v) is 6.53. The minimum absolute atomic E-state index is 0.573. The zero-order valence-corrected chi connectivity index (χ0v) is 13.2. The van der Waals surface area contributed by atoms with Crippen LogP contribution in [0.3, 0.4) is 0 Å². The molecule has 0 bridgehead atoms. The van der Waals surface area contributed by atoms with Crippen molar-refractivity contribution in [1.29, 1.82) is 0 Å². The van der Waals surface area contributed by atoms with Gasteiger partial charge in [0, 0.05) is 17.9 Å². The SMILES string of the molecule is Cc1cn(C2CCC(C)C(C)C2)c(Nc2ccccc2)n1. The number of para-hydroxylation sites is 1. The van der Waals surface area contributed by atoms with Gasteiger partial charge in [0.05, 0.1) is 5.69 Å². The van der Waals surface area contributed by atoms with Crippen LogP contribution in [0.4, 0.5) is 11.6 Å². The molecule has 0 aliphatic heterocycles. The molecule has 0 amide bonds. The Morgan fingerprint density at radius 2 is 1.86 bits per heavy atom. The number of hydrogen-bond acceptors (Lipinski definition) is 2. The minimum Gasteiger partial charge on any atom is -0.326 e. The van der Waals surface area contributed by atoms with Crippen LogP contribution >= 0.6 is 0 Å². The van der Waals surface area contributed by atoms with E-state index in [-0.39, 0.29) is 0 Å². The average molecular weight is 283 g/mol. The van der Waals surface area contributed by atoms with Gasteiger partial charge in [0.1, 0.15) is 0 Å². The zero-order valence-electron chi connectivity index (χ0n) is 13.2. The fourth-order valence-electron chi connectivity index (χ4n) is 3.31. The van der Waals surface area contributed by atoms with Crippen molar-refractivity contribution < 1.29 is 0 Å². The number of aryl methyl sites for hydroxylation is 1. The first-order valence-corrected chi connectivity index (χ1v) is 8.01. The van der Waals surface area contributed by atoms with Gasteiger partial charge in [0.25, 0.3) is 0 Å². The molecule has 112 valence electrons. The predicted octanol–water partition coefficient (Wildman–Crippen LogP) is 4.93. The standard InChI is InChI=1S/C18H25N3/c1-13-9-10-17(11-14(13)2)21-12-15(3)19-18(21)20-16-7-5-4-6-8-16/h4-8,12-14,17H,9-11H2,1-3H3,(H,19,20). The van der Waals surface area contributed by atoms with Gasteiger partial charge in [0.15, 0.2) is 0 Å². The Kier molecular flexibility index (Phi) is 4.00. The quantitative estimate of drug-likeness (QED) is 0.865. The number of aromatic nitrogens is 2.